The van der Waals surface area contributed by atoms with E-state index in [9.17, 15) is 10.1 Å². The summed E-state index contributed by atoms with van der Waals surface area (Å²) in [5, 5.41) is 16.2. The fraction of sp³-hybridized carbons (Fsp3) is 0. The quantitative estimate of drug-likeness (QED) is 0.293. The highest BCUT2D eigenvalue weighted by atomic mass is 35.5. The lowest BCUT2D eigenvalue weighted by molar-refractivity contribution is -0.402. The monoisotopic (exact) mass is 393 g/mol. The van der Waals surface area contributed by atoms with E-state index >= 15 is 0 Å². The van der Waals surface area contributed by atoms with Crippen LogP contribution in [0.4, 0.5) is 11.8 Å². The molecule has 0 amide bonds. The van der Waals surface area contributed by atoms with E-state index in [1.807, 2.05) is 36.4 Å². The van der Waals surface area contributed by atoms with E-state index in [1.54, 1.807) is 12.1 Å². The zero-order valence-corrected chi connectivity index (χ0v) is 15.0. The molecule has 8 nitrogen and oxygen atoms in total. The molecule has 2 aromatic carbocycles. The van der Waals surface area contributed by atoms with E-state index in [4.69, 9.17) is 16.0 Å². The topological polar surface area (TPSA) is 106 Å². The van der Waals surface area contributed by atoms with Crippen LogP contribution in [0.15, 0.2) is 70.2 Å². The van der Waals surface area contributed by atoms with Crippen molar-refractivity contribution in [1.29, 1.82) is 0 Å². The fourth-order valence-electron chi connectivity index (χ4n) is 2.62. The predicted octanol–water partition coefficient (Wildman–Crippen LogP) is 4.90. The highest BCUT2D eigenvalue weighted by molar-refractivity contribution is 6.30. The van der Waals surface area contributed by atoms with Crippen molar-refractivity contribution in [2.45, 2.75) is 0 Å². The Balaban J connectivity index is 1.66. The van der Waals surface area contributed by atoms with Crippen molar-refractivity contribution in [2.24, 2.45) is 5.10 Å². The molecule has 0 spiro atoms. The van der Waals surface area contributed by atoms with E-state index in [1.165, 1.54) is 18.3 Å². The molecule has 0 atom stereocenters. The number of para-hydroxylation sites is 1. The molecule has 0 radical (unpaired) electrons. The Morgan fingerprint density at radius 1 is 1.07 bits per heavy atom. The van der Waals surface area contributed by atoms with Gasteiger partial charge in [-0.15, -0.1) is 0 Å². The van der Waals surface area contributed by atoms with E-state index in [0.29, 0.717) is 5.02 Å². The molecule has 0 saturated heterocycles. The summed E-state index contributed by atoms with van der Waals surface area (Å²) in [6.07, 6.45) is 1.31. The first-order valence-corrected chi connectivity index (χ1v) is 8.54. The van der Waals surface area contributed by atoms with Gasteiger partial charge in [0.15, 0.2) is 5.76 Å². The lowest BCUT2D eigenvalue weighted by atomic mass is 10.1. The summed E-state index contributed by atoms with van der Waals surface area (Å²) in [6.45, 7) is 0. The maximum Gasteiger partial charge on any atom is 0.433 e. The molecule has 0 fully saturated rings. The summed E-state index contributed by atoms with van der Waals surface area (Å²) in [6, 6.07) is 17.7. The summed E-state index contributed by atoms with van der Waals surface area (Å²) in [7, 11) is 0. The van der Waals surface area contributed by atoms with E-state index in [0.717, 1.165) is 22.2 Å². The molecule has 2 heterocycles. The van der Waals surface area contributed by atoms with Crippen LogP contribution >= 0.6 is 11.6 Å². The zero-order chi connectivity index (χ0) is 19.5. The number of hydrazone groups is 1. The number of aromatic nitrogens is 2. The smallest absolute Gasteiger partial charge is 0.400 e. The third-order valence-corrected chi connectivity index (χ3v) is 4.12. The van der Waals surface area contributed by atoms with Crippen LogP contribution in [0.1, 0.15) is 5.76 Å². The van der Waals surface area contributed by atoms with Crippen LogP contribution in [0, 0.1) is 10.1 Å². The Morgan fingerprint density at radius 2 is 1.86 bits per heavy atom. The molecule has 4 rings (SSSR count). The van der Waals surface area contributed by atoms with Gasteiger partial charge in [-0.1, -0.05) is 41.9 Å². The van der Waals surface area contributed by atoms with Crippen LogP contribution in [-0.2, 0) is 0 Å². The SMILES string of the molecule is O=[N+]([O-])c1ccc(/C=N\Nc2nc(-c3ccc(Cl)cc3)c3ccccc3n2)o1. The summed E-state index contributed by atoms with van der Waals surface area (Å²) >= 11 is 5.98. The Bertz CT molecular complexity index is 1190. The van der Waals surface area contributed by atoms with Gasteiger partial charge >= 0.3 is 5.88 Å². The highest BCUT2D eigenvalue weighted by Crippen LogP contribution is 2.28. The van der Waals surface area contributed by atoms with Crippen molar-refractivity contribution in [3.63, 3.8) is 0 Å². The molecule has 138 valence electrons. The number of halogens is 1. The zero-order valence-electron chi connectivity index (χ0n) is 14.2. The average molecular weight is 394 g/mol. The molecule has 0 aliphatic heterocycles. The number of hydrogen-bond donors (Lipinski definition) is 1. The molecular weight excluding hydrogens is 382 g/mol. The van der Waals surface area contributed by atoms with Gasteiger partial charge in [-0.05, 0) is 24.3 Å². The Hall–Kier alpha value is -3.78. The van der Waals surface area contributed by atoms with Gasteiger partial charge in [-0.2, -0.15) is 5.10 Å². The molecule has 0 saturated carbocycles. The van der Waals surface area contributed by atoms with Gasteiger partial charge in [0.05, 0.1) is 23.5 Å². The highest BCUT2D eigenvalue weighted by Gasteiger charge is 2.11. The van der Waals surface area contributed by atoms with Crippen molar-refractivity contribution in [2.75, 3.05) is 5.43 Å². The molecule has 28 heavy (non-hydrogen) atoms. The Kier molecular flexibility index (Phi) is 4.69. The molecule has 9 heteroatoms. The second-order valence-electron chi connectivity index (χ2n) is 5.72. The summed E-state index contributed by atoms with van der Waals surface area (Å²) < 4.78 is 5.02. The van der Waals surface area contributed by atoms with Crippen LogP contribution in [-0.4, -0.2) is 21.1 Å². The predicted molar refractivity (Wildman–Crippen MR) is 107 cm³/mol. The summed E-state index contributed by atoms with van der Waals surface area (Å²) in [4.78, 5) is 19.0. The molecule has 0 aliphatic carbocycles. The molecule has 1 N–H and O–H groups in total. The lowest BCUT2D eigenvalue weighted by Crippen LogP contribution is -1.99. The maximum absolute atomic E-state index is 10.7. The van der Waals surface area contributed by atoms with Crippen molar-refractivity contribution in [1.82, 2.24) is 9.97 Å². The van der Waals surface area contributed by atoms with E-state index < -0.39 is 4.92 Å². The van der Waals surface area contributed by atoms with Gasteiger partial charge in [0.25, 0.3) is 0 Å². The third-order valence-electron chi connectivity index (χ3n) is 3.87. The summed E-state index contributed by atoms with van der Waals surface area (Å²) in [5.41, 5.74) is 5.10. The number of anilines is 1. The van der Waals surface area contributed by atoms with Crippen LogP contribution in [0.3, 0.4) is 0 Å². The number of nitro groups is 1. The van der Waals surface area contributed by atoms with Crippen LogP contribution in [0.2, 0.25) is 5.02 Å². The van der Waals surface area contributed by atoms with Gasteiger partial charge in [0.2, 0.25) is 5.95 Å². The summed E-state index contributed by atoms with van der Waals surface area (Å²) in [5.74, 6) is 0.160. The first-order valence-electron chi connectivity index (χ1n) is 8.16. The van der Waals surface area contributed by atoms with Gasteiger partial charge in [0, 0.05) is 16.0 Å². The standard InChI is InChI=1S/C19H12ClN5O3/c20-13-7-5-12(6-8-13)18-15-3-1-2-4-16(15)22-19(23-18)24-21-11-14-9-10-17(28-14)25(26)27/h1-11H,(H,22,23,24)/b21-11-. The van der Waals surface area contributed by atoms with Crippen molar-refractivity contribution in [3.8, 4) is 11.3 Å². The number of fused-ring (bicyclic) bond motifs is 1. The fourth-order valence-corrected chi connectivity index (χ4v) is 2.74. The van der Waals surface area contributed by atoms with Gasteiger partial charge in [-0.25, -0.2) is 15.4 Å². The molecule has 0 unspecified atom stereocenters. The molecular formula is C19H12ClN5O3. The minimum absolute atomic E-state index is 0.234. The van der Waals surface area contributed by atoms with Crippen molar-refractivity contribution in [3.05, 3.63) is 81.6 Å². The van der Waals surface area contributed by atoms with Gasteiger partial charge in [0.1, 0.15) is 4.92 Å². The Morgan fingerprint density at radius 3 is 2.61 bits per heavy atom. The van der Waals surface area contributed by atoms with Gasteiger partial charge in [-0.3, -0.25) is 10.1 Å². The number of nitrogens with one attached hydrogen (secondary N) is 1. The second kappa shape index (κ2) is 7.45. The van der Waals surface area contributed by atoms with Crippen LogP contribution in [0.25, 0.3) is 22.2 Å². The minimum atomic E-state index is -0.615. The number of hydrogen-bond acceptors (Lipinski definition) is 7. The number of furan rings is 1. The maximum atomic E-state index is 10.7. The number of benzene rings is 2. The minimum Gasteiger partial charge on any atom is -0.400 e. The normalized spacial score (nSPS) is 11.2. The van der Waals surface area contributed by atoms with Crippen LogP contribution in [0.5, 0.6) is 0 Å². The third kappa shape index (κ3) is 3.67. The first-order chi connectivity index (χ1) is 13.6. The first kappa shape index (κ1) is 17.6. The molecule has 0 bridgehead atoms. The number of nitrogens with zero attached hydrogens (tertiary/aromatic N) is 4. The van der Waals surface area contributed by atoms with Gasteiger partial charge < -0.3 is 4.42 Å². The van der Waals surface area contributed by atoms with Crippen LogP contribution < -0.4 is 5.43 Å². The molecule has 4 aromatic rings. The van der Waals surface area contributed by atoms with Crippen molar-refractivity contribution < 1.29 is 9.34 Å². The van der Waals surface area contributed by atoms with E-state index in [-0.39, 0.29) is 17.6 Å². The number of rotatable bonds is 5. The van der Waals surface area contributed by atoms with Crippen molar-refractivity contribution >= 4 is 40.6 Å². The molecule has 0 aliphatic rings. The second-order valence-corrected chi connectivity index (χ2v) is 6.16. The average Bonchev–Trinajstić information content (AvgIpc) is 3.17. The van der Waals surface area contributed by atoms with E-state index in [2.05, 4.69) is 20.5 Å². The largest absolute Gasteiger partial charge is 0.433 e. The Labute approximate surface area is 163 Å². The molecule has 2 aromatic heterocycles. The lowest BCUT2D eigenvalue weighted by Gasteiger charge is -2.08.